The van der Waals surface area contributed by atoms with Crippen LogP contribution in [0, 0.1) is 0 Å². The van der Waals surface area contributed by atoms with E-state index in [9.17, 15) is 9.59 Å². The van der Waals surface area contributed by atoms with E-state index in [1.807, 2.05) is 48.5 Å². The molecule has 6 rings (SSSR count). The molecule has 0 aliphatic heterocycles. The molecule has 0 N–H and O–H groups in total. The Bertz CT molecular complexity index is 667. The van der Waals surface area contributed by atoms with Crippen molar-refractivity contribution in [3.05, 3.63) is 70.8 Å². The fourth-order valence-corrected chi connectivity index (χ4v) is 3.02. The summed E-state index contributed by atoms with van der Waals surface area (Å²) in [5, 5.41) is 0. The molecule has 2 aromatic rings. The Kier molecular flexibility index (Phi) is 4.65. The van der Waals surface area contributed by atoms with Crippen LogP contribution in [0.25, 0.3) is 0 Å². The highest BCUT2D eigenvalue weighted by atomic mass is 16.5. The lowest BCUT2D eigenvalue weighted by atomic mass is 9.93. The highest BCUT2D eigenvalue weighted by molar-refractivity contribution is 5.67. The minimum absolute atomic E-state index is 0.300. The lowest BCUT2D eigenvalue weighted by Crippen LogP contribution is -2.14. The Morgan fingerprint density at radius 2 is 1.04 bits per heavy atom. The summed E-state index contributed by atoms with van der Waals surface area (Å²) in [5.41, 5.74) is 4.05. The van der Waals surface area contributed by atoms with Crippen LogP contribution >= 0.6 is 0 Å². The molecule has 0 aromatic heterocycles. The zero-order chi connectivity index (χ0) is 17.1. The first kappa shape index (κ1) is 16.2. The molecule has 4 aliphatic carbocycles. The zero-order valence-electron chi connectivity index (χ0n) is 13.8. The lowest BCUT2D eigenvalue weighted by molar-refractivity contribution is -0.147. The van der Waals surface area contributed by atoms with Gasteiger partial charge in [0.2, 0.25) is 0 Å². The predicted octanol–water partition coefficient (Wildman–Crippen LogP) is 3.69. The Balaban J connectivity index is 2.02. The Labute approximate surface area is 141 Å². The highest BCUT2D eigenvalue weighted by Crippen LogP contribution is 2.29. The van der Waals surface area contributed by atoms with E-state index < -0.39 is 0 Å². The fourth-order valence-electron chi connectivity index (χ4n) is 3.02. The lowest BCUT2D eigenvalue weighted by Gasteiger charge is -2.22. The van der Waals surface area contributed by atoms with Crippen molar-refractivity contribution < 1.29 is 19.1 Å². The second-order valence-corrected chi connectivity index (χ2v) is 6.09. The molecule has 4 nitrogen and oxygen atoms in total. The molecule has 0 saturated carbocycles. The number of hydrogen-bond acceptors (Lipinski definition) is 4. The van der Waals surface area contributed by atoms with Gasteiger partial charge in [0.15, 0.2) is 0 Å². The molecule has 0 saturated heterocycles. The number of hydrogen-bond donors (Lipinski definition) is 0. The fraction of sp³-hybridized carbons (Fsp3) is 0.300. The van der Waals surface area contributed by atoms with Gasteiger partial charge in [-0.2, -0.15) is 0 Å². The van der Waals surface area contributed by atoms with Crippen molar-refractivity contribution in [3.8, 4) is 0 Å². The number of carbonyl (C=O) groups excluding carboxylic acids is 2. The Morgan fingerprint density at radius 1 is 0.708 bits per heavy atom. The average Bonchev–Trinajstić information content (AvgIpc) is 2.53. The van der Waals surface area contributed by atoms with E-state index in [2.05, 4.69) is 0 Å². The average molecular weight is 324 g/mol. The van der Waals surface area contributed by atoms with Crippen LogP contribution < -0.4 is 0 Å². The van der Waals surface area contributed by atoms with Crippen molar-refractivity contribution in [1.82, 2.24) is 0 Å². The van der Waals surface area contributed by atoms with Crippen molar-refractivity contribution in [2.75, 3.05) is 0 Å². The van der Waals surface area contributed by atoms with E-state index in [0.29, 0.717) is 12.8 Å². The van der Waals surface area contributed by atoms with E-state index in [1.54, 1.807) is 0 Å². The number of rotatable bonds is 2. The zero-order valence-corrected chi connectivity index (χ0v) is 13.8. The Morgan fingerprint density at radius 3 is 1.33 bits per heavy atom. The largest absolute Gasteiger partial charge is 0.457 e. The molecular weight excluding hydrogens is 304 g/mol. The molecule has 0 spiro atoms. The standard InChI is InChI=1S/C20H20O4/c1-13(21)23-19-11-15-3-5-16(6-4-15)12-20(24-14(2)22)18-9-7-17(19)8-10-18/h3-10,19-20H,11-12H2,1-2H3. The summed E-state index contributed by atoms with van der Waals surface area (Å²) in [6.07, 6.45) is 0.613. The van der Waals surface area contributed by atoms with Gasteiger partial charge in [0.05, 0.1) is 0 Å². The topological polar surface area (TPSA) is 52.6 Å². The highest BCUT2D eigenvalue weighted by Gasteiger charge is 2.20. The summed E-state index contributed by atoms with van der Waals surface area (Å²) < 4.78 is 11.0. The third kappa shape index (κ3) is 3.82. The van der Waals surface area contributed by atoms with Gasteiger partial charge in [-0.25, -0.2) is 0 Å². The maximum Gasteiger partial charge on any atom is 0.303 e. The van der Waals surface area contributed by atoms with Gasteiger partial charge in [-0.1, -0.05) is 48.5 Å². The maximum absolute atomic E-state index is 11.4. The molecule has 4 aliphatic rings. The van der Waals surface area contributed by atoms with Gasteiger partial charge >= 0.3 is 11.9 Å². The first-order valence-electron chi connectivity index (χ1n) is 8.03. The van der Waals surface area contributed by atoms with Gasteiger partial charge in [0, 0.05) is 26.7 Å². The van der Waals surface area contributed by atoms with Crippen molar-refractivity contribution in [1.29, 1.82) is 0 Å². The van der Waals surface area contributed by atoms with E-state index in [-0.39, 0.29) is 24.1 Å². The predicted molar refractivity (Wildman–Crippen MR) is 89.3 cm³/mol. The van der Waals surface area contributed by atoms with E-state index in [0.717, 1.165) is 22.3 Å². The molecule has 4 heteroatoms. The van der Waals surface area contributed by atoms with Crippen LogP contribution in [0.2, 0.25) is 0 Å². The van der Waals surface area contributed by atoms with E-state index >= 15 is 0 Å². The second kappa shape index (κ2) is 6.87. The smallest absolute Gasteiger partial charge is 0.303 e. The van der Waals surface area contributed by atoms with Crippen LogP contribution in [-0.2, 0) is 31.9 Å². The van der Waals surface area contributed by atoms with Crippen molar-refractivity contribution in [3.63, 3.8) is 0 Å². The van der Waals surface area contributed by atoms with Crippen LogP contribution in [0.4, 0.5) is 0 Å². The van der Waals surface area contributed by atoms with Gasteiger partial charge < -0.3 is 9.47 Å². The molecule has 2 unspecified atom stereocenters. The minimum atomic E-state index is -0.325. The summed E-state index contributed by atoms with van der Waals surface area (Å²) in [6, 6.07) is 15.9. The first-order chi connectivity index (χ1) is 11.5. The van der Waals surface area contributed by atoms with Crippen molar-refractivity contribution >= 4 is 11.9 Å². The second-order valence-electron chi connectivity index (χ2n) is 6.09. The molecule has 0 radical (unpaired) electrons. The van der Waals surface area contributed by atoms with Crippen LogP contribution in [0.1, 0.15) is 48.3 Å². The maximum atomic E-state index is 11.4. The van der Waals surface area contributed by atoms with Crippen LogP contribution in [-0.4, -0.2) is 11.9 Å². The Hall–Kier alpha value is -2.62. The third-order valence-electron chi connectivity index (χ3n) is 4.16. The van der Waals surface area contributed by atoms with Crippen LogP contribution in [0.5, 0.6) is 0 Å². The summed E-state index contributed by atoms with van der Waals surface area (Å²) in [4.78, 5) is 22.9. The van der Waals surface area contributed by atoms with Gasteiger partial charge in [-0.15, -0.1) is 0 Å². The number of esters is 2. The quantitative estimate of drug-likeness (QED) is 0.791. The number of benzene rings is 2. The monoisotopic (exact) mass is 324 g/mol. The molecule has 2 atom stereocenters. The SMILES string of the molecule is CC(=O)OC1Cc2ccc(cc2)CC(OC(C)=O)c2ccc1cc2. The van der Waals surface area contributed by atoms with E-state index in [4.69, 9.17) is 9.47 Å². The molecule has 4 bridgehead atoms. The molecule has 24 heavy (non-hydrogen) atoms. The van der Waals surface area contributed by atoms with Crippen molar-refractivity contribution in [2.45, 2.75) is 38.9 Å². The van der Waals surface area contributed by atoms with Crippen LogP contribution in [0.3, 0.4) is 0 Å². The third-order valence-corrected chi connectivity index (χ3v) is 4.16. The summed E-state index contributed by atoms with van der Waals surface area (Å²) >= 11 is 0. The summed E-state index contributed by atoms with van der Waals surface area (Å²) in [7, 11) is 0. The minimum Gasteiger partial charge on any atom is -0.457 e. The number of ether oxygens (including phenoxy) is 2. The summed E-state index contributed by atoms with van der Waals surface area (Å²) in [6.45, 7) is 2.84. The molecule has 124 valence electrons. The van der Waals surface area contributed by atoms with Gasteiger partial charge in [-0.3, -0.25) is 9.59 Å². The van der Waals surface area contributed by atoms with E-state index in [1.165, 1.54) is 13.8 Å². The molecule has 0 fully saturated rings. The molecule has 2 aromatic carbocycles. The van der Waals surface area contributed by atoms with Gasteiger partial charge in [0.25, 0.3) is 0 Å². The molecular formula is C20H20O4. The van der Waals surface area contributed by atoms with Crippen LogP contribution in [0.15, 0.2) is 48.5 Å². The first-order valence-corrected chi connectivity index (χ1v) is 8.03. The molecule has 0 heterocycles. The van der Waals surface area contributed by atoms with Gasteiger partial charge in [-0.05, 0) is 22.3 Å². The number of carbonyl (C=O) groups is 2. The molecule has 0 amide bonds. The van der Waals surface area contributed by atoms with Crippen molar-refractivity contribution in [2.24, 2.45) is 0 Å². The van der Waals surface area contributed by atoms with Gasteiger partial charge in [0.1, 0.15) is 12.2 Å². The summed E-state index contributed by atoms with van der Waals surface area (Å²) in [5.74, 6) is -0.601. The normalized spacial score (nSPS) is 19.2.